The molecule has 0 bridgehead atoms. The lowest BCUT2D eigenvalue weighted by molar-refractivity contribution is 0.220. The predicted octanol–water partition coefficient (Wildman–Crippen LogP) is 4.48. The summed E-state index contributed by atoms with van der Waals surface area (Å²) in [6.45, 7) is 4.77. The van der Waals surface area contributed by atoms with Crippen molar-refractivity contribution in [2.75, 3.05) is 0 Å². The summed E-state index contributed by atoms with van der Waals surface area (Å²) in [4.78, 5) is 0. The topological polar surface area (TPSA) is 12.0 Å². The molecular formula is C18H27N. The molecule has 1 aromatic rings. The molecule has 1 nitrogen and oxygen atoms in total. The third-order valence-corrected chi connectivity index (χ3v) is 5.23. The van der Waals surface area contributed by atoms with Crippen LogP contribution >= 0.6 is 0 Å². The van der Waals surface area contributed by atoms with Gasteiger partial charge < -0.3 is 5.32 Å². The Bertz CT molecular complexity index is 423. The Labute approximate surface area is 117 Å². The number of benzene rings is 1. The fraction of sp³-hybridized carbons (Fsp3) is 0.667. The molecule has 1 aromatic carbocycles. The molecule has 104 valence electrons. The second-order valence-electron chi connectivity index (χ2n) is 6.82. The van der Waals surface area contributed by atoms with Crippen LogP contribution in [0.2, 0.25) is 0 Å². The minimum absolute atomic E-state index is 0.618. The number of hydrogen-bond donors (Lipinski definition) is 1. The Hall–Kier alpha value is -0.820. The molecule has 0 aromatic heterocycles. The molecule has 1 N–H and O–H groups in total. The molecule has 2 aliphatic carbocycles. The Morgan fingerprint density at radius 2 is 1.95 bits per heavy atom. The van der Waals surface area contributed by atoms with Gasteiger partial charge in [-0.3, -0.25) is 0 Å². The van der Waals surface area contributed by atoms with E-state index in [1.54, 1.807) is 11.1 Å². The van der Waals surface area contributed by atoms with Gasteiger partial charge >= 0.3 is 0 Å². The van der Waals surface area contributed by atoms with Crippen molar-refractivity contribution in [2.24, 2.45) is 11.8 Å². The highest BCUT2D eigenvalue weighted by atomic mass is 15.0. The molecule has 0 radical (unpaired) electrons. The van der Waals surface area contributed by atoms with Crippen molar-refractivity contribution < 1.29 is 0 Å². The van der Waals surface area contributed by atoms with Crippen molar-refractivity contribution in [3.63, 3.8) is 0 Å². The van der Waals surface area contributed by atoms with Crippen molar-refractivity contribution >= 4 is 0 Å². The smallest absolute Gasteiger partial charge is 0.0328 e. The van der Waals surface area contributed by atoms with Gasteiger partial charge in [-0.25, -0.2) is 0 Å². The first-order valence-corrected chi connectivity index (χ1v) is 8.08. The first kappa shape index (κ1) is 13.2. The monoisotopic (exact) mass is 257 g/mol. The maximum absolute atomic E-state index is 3.96. The number of nitrogens with one attached hydrogen (secondary N) is 1. The molecule has 3 rings (SSSR count). The number of hydrogen-bond acceptors (Lipinski definition) is 1. The van der Waals surface area contributed by atoms with E-state index in [1.165, 1.54) is 38.5 Å². The van der Waals surface area contributed by atoms with Crippen molar-refractivity contribution in [1.29, 1.82) is 0 Å². The van der Waals surface area contributed by atoms with Crippen molar-refractivity contribution in [2.45, 2.75) is 64.5 Å². The second kappa shape index (κ2) is 5.66. The summed E-state index contributed by atoms with van der Waals surface area (Å²) in [6, 6.07) is 10.4. The molecule has 3 atom stereocenters. The van der Waals surface area contributed by atoms with E-state index in [1.807, 2.05) is 0 Å². The van der Waals surface area contributed by atoms with Crippen LogP contribution in [0.1, 0.15) is 63.1 Å². The predicted molar refractivity (Wildman–Crippen MR) is 81.2 cm³/mol. The summed E-state index contributed by atoms with van der Waals surface area (Å²) >= 11 is 0. The molecule has 1 saturated carbocycles. The minimum Gasteiger partial charge on any atom is -0.307 e. The molecule has 0 amide bonds. The first-order valence-electron chi connectivity index (χ1n) is 8.08. The normalized spacial score (nSPS) is 30.6. The van der Waals surface area contributed by atoms with Crippen molar-refractivity contribution in [3.8, 4) is 0 Å². The third-order valence-electron chi connectivity index (χ3n) is 5.23. The number of aryl methyl sites for hydroxylation is 1. The summed E-state index contributed by atoms with van der Waals surface area (Å²) < 4.78 is 0. The Morgan fingerprint density at radius 3 is 2.79 bits per heavy atom. The van der Waals surface area contributed by atoms with Crippen LogP contribution in [0.25, 0.3) is 0 Å². The van der Waals surface area contributed by atoms with E-state index in [-0.39, 0.29) is 0 Å². The number of rotatable bonds is 3. The summed E-state index contributed by atoms with van der Waals surface area (Å²) in [6.07, 6.45) is 8.17. The van der Waals surface area contributed by atoms with E-state index >= 15 is 0 Å². The minimum atomic E-state index is 0.618. The molecule has 3 unspecified atom stereocenters. The van der Waals surface area contributed by atoms with E-state index in [2.05, 4.69) is 43.4 Å². The van der Waals surface area contributed by atoms with Crippen LogP contribution in [0.5, 0.6) is 0 Å². The molecule has 0 spiro atoms. The van der Waals surface area contributed by atoms with Gasteiger partial charge in [0.15, 0.2) is 0 Å². The van der Waals surface area contributed by atoms with Gasteiger partial charge in [-0.2, -0.15) is 0 Å². The van der Waals surface area contributed by atoms with Crippen molar-refractivity contribution in [3.05, 3.63) is 35.4 Å². The van der Waals surface area contributed by atoms with Gasteiger partial charge in [-0.1, -0.05) is 51.0 Å². The van der Waals surface area contributed by atoms with Gasteiger partial charge in [0.2, 0.25) is 0 Å². The Kier molecular flexibility index (Phi) is 3.93. The van der Waals surface area contributed by atoms with Gasteiger partial charge in [0, 0.05) is 12.1 Å². The van der Waals surface area contributed by atoms with Crippen LogP contribution in [-0.2, 0) is 6.42 Å². The van der Waals surface area contributed by atoms with Gasteiger partial charge in [-0.15, -0.1) is 0 Å². The molecular weight excluding hydrogens is 230 g/mol. The lowest BCUT2D eigenvalue weighted by Crippen LogP contribution is -2.37. The summed E-state index contributed by atoms with van der Waals surface area (Å²) in [7, 11) is 0. The molecule has 1 heteroatoms. The van der Waals surface area contributed by atoms with Gasteiger partial charge in [-0.05, 0) is 48.6 Å². The van der Waals surface area contributed by atoms with Crippen LogP contribution in [0, 0.1) is 11.8 Å². The van der Waals surface area contributed by atoms with E-state index in [0.29, 0.717) is 6.04 Å². The maximum Gasteiger partial charge on any atom is 0.0328 e. The average Bonchev–Trinajstić information content (AvgIpc) is 2.83. The zero-order valence-corrected chi connectivity index (χ0v) is 12.4. The zero-order chi connectivity index (χ0) is 13.2. The Morgan fingerprint density at radius 1 is 1.11 bits per heavy atom. The Balaban J connectivity index is 1.63. The average molecular weight is 257 g/mol. The number of fused-ring (bicyclic) bond motifs is 1. The molecule has 0 saturated heterocycles. The highest BCUT2D eigenvalue weighted by Gasteiger charge is 2.28. The SMILES string of the molecule is CC(C)C1CCCC(NC2CCc3ccccc32)C1. The molecule has 0 aliphatic heterocycles. The fourth-order valence-electron chi connectivity index (χ4n) is 4.00. The fourth-order valence-corrected chi connectivity index (χ4v) is 4.00. The van der Waals surface area contributed by atoms with Gasteiger partial charge in [0.05, 0.1) is 0 Å². The van der Waals surface area contributed by atoms with Crippen LogP contribution in [0.4, 0.5) is 0 Å². The van der Waals surface area contributed by atoms with Crippen LogP contribution < -0.4 is 5.32 Å². The van der Waals surface area contributed by atoms with Crippen LogP contribution in [0.15, 0.2) is 24.3 Å². The second-order valence-corrected chi connectivity index (χ2v) is 6.82. The standard InChI is InChI=1S/C18H27N/c1-13(2)15-7-5-8-16(12-15)19-18-11-10-14-6-3-4-9-17(14)18/h3-4,6,9,13,15-16,18-19H,5,7-8,10-12H2,1-2H3. The maximum atomic E-state index is 3.96. The molecule has 1 fully saturated rings. The quantitative estimate of drug-likeness (QED) is 0.842. The van der Waals surface area contributed by atoms with Gasteiger partial charge in [0.25, 0.3) is 0 Å². The zero-order valence-electron chi connectivity index (χ0n) is 12.4. The van der Waals surface area contributed by atoms with Gasteiger partial charge in [0.1, 0.15) is 0 Å². The lowest BCUT2D eigenvalue weighted by Gasteiger charge is -2.34. The van der Waals surface area contributed by atoms with E-state index in [0.717, 1.165) is 17.9 Å². The van der Waals surface area contributed by atoms with E-state index < -0.39 is 0 Å². The highest BCUT2D eigenvalue weighted by molar-refractivity contribution is 5.34. The summed E-state index contributed by atoms with van der Waals surface area (Å²) in [5.41, 5.74) is 3.13. The molecule has 0 heterocycles. The van der Waals surface area contributed by atoms with Crippen molar-refractivity contribution in [1.82, 2.24) is 5.32 Å². The highest BCUT2D eigenvalue weighted by Crippen LogP contribution is 2.35. The summed E-state index contributed by atoms with van der Waals surface area (Å²) in [5.74, 6) is 1.78. The molecule has 2 aliphatic rings. The molecule has 19 heavy (non-hydrogen) atoms. The lowest BCUT2D eigenvalue weighted by atomic mass is 9.79. The van der Waals surface area contributed by atoms with Crippen LogP contribution in [0.3, 0.4) is 0 Å². The van der Waals surface area contributed by atoms with E-state index in [4.69, 9.17) is 0 Å². The summed E-state index contributed by atoms with van der Waals surface area (Å²) in [5, 5.41) is 3.96. The third kappa shape index (κ3) is 2.86. The van der Waals surface area contributed by atoms with E-state index in [9.17, 15) is 0 Å². The van der Waals surface area contributed by atoms with Crippen LogP contribution in [-0.4, -0.2) is 6.04 Å². The largest absolute Gasteiger partial charge is 0.307 e. The first-order chi connectivity index (χ1) is 9.24.